The van der Waals surface area contributed by atoms with Gasteiger partial charge in [-0.05, 0) is 38.5 Å². The summed E-state index contributed by atoms with van der Waals surface area (Å²) in [5.74, 6) is 0.408. The maximum absolute atomic E-state index is 13.5. The van der Waals surface area contributed by atoms with Crippen LogP contribution in [0, 0.1) is 12.7 Å². The van der Waals surface area contributed by atoms with Crippen LogP contribution in [-0.4, -0.2) is 16.1 Å². The molecule has 3 N–H and O–H groups in total. The Hall–Kier alpha value is -2.37. The van der Waals surface area contributed by atoms with Gasteiger partial charge in [-0.3, -0.25) is 0 Å². The molecule has 106 valence electrons. The SMILES string of the molecule is Cc1ccc(Nc2ncnc(OC(C)C)c2N)cc1F. The predicted molar refractivity (Wildman–Crippen MR) is 76.6 cm³/mol. The maximum Gasteiger partial charge on any atom is 0.242 e. The molecule has 0 bridgehead atoms. The lowest BCUT2D eigenvalue weighted by atomic mass is 10.2. The lowest BCUT2D eigenvalue weighted by molar-refractivity contribution is 0.234. The molecule has 1 heterocycles. The van der Waals surface area contributed by atoms with Gasteiger partial charge in [0, 0.05) is 5.69 Å². The first kappa shape index (κ1) is 14.0. The Morgan fingerprint density at radius 3 is 2.70 bits per heavy atom. The van der Waals surface area contributed by atoms with Gasteiger partial charge in [-0.25, -0.2) is 9.37 Å². The first-order chi connectivity index (χ1) is 9.47. The molecule has 0 aliphatic heterocycles. The number of nitrogens with zero attached hydrogens (tertiary/aromatic N) is 2. The topological polar surface area (TPSA) is 73.1 Å². The zero-order valence-corrected chi connectivity index (χ0v) is 11.6. The van der Waals surface area contributed by atoms with Crippen LogP contribution < -0.4 is 15.8 Å². The third-order valence-electron chi connectivity index (χ3n) is 2.63. The van der Waals surface area contributed by atoms with Crippen LogP contribution in [0.2, 0.25) is 0 Å². The largest absolute Gasteiger partial charge is 0.473 e. The summed E-state index contributed by atoms with van der Waals surface area (Å²) < 4.78 is 19.0. The van der Waals surface area contributed by atoms with Gasteiger partial charge in [0.15, 0.2) is 5.82 Å². The van der Waals surface area contributed by atoms with Gasteiger partial charge in [0.1, 0.15) is 17.8 Å². The van der Waals surface area contributed by atoms with Gasteiger partial charge in [0.25, 0.3) is 0 Å². The highest BCUT2D eigenvalue weighted by Gasteiger charge is 2.11. The first-order valence-corrected chi connectivity index (χ1v) is 6.27. The molecule has 0 aliphatic carbocycles. The third kappa shape index (κ3) is 3.14. The molecule has 5 nitrogen and oxygen atoms in total. The van der Waals surface area contributed by atoms with E-state index in [4.69, 9.17) is 10.5 Å². The van der Waals surface area contributed by atoms with Crippen molar-refractivity contribution in [2.75, 3.05) is 11.1 Å². The van der Waals surface area contributed by atoms with Crippen LogP contribution in [0.3, 0.4) is 0 Å². The van der Waals surface area contributed by atoms with Gasteiger partial charge in [-0.15, -0.1) is 0 Å². The fraction of sp³-hybridized carbons (Fsp3) is 0.286. The van der Waals surface area contributed by atoms with E-state index in [0.29, 0.717) is 28.6 Å². The Morgan fingerprint density at radius 1 is 1.30 bits per heavy atom. The molecular formula is C14H17FN4O. The highest BCUT2D eigenvalue weighted by atomic mass is 19.1. The predicted octanol–water partition coefficient (Wildman–Crippen LogP) is 3.04. The van der Waals surface area contributed by atoms with E-state index in [9.17, 15) is 4.39 Å². The molecule has 0 radical (unpaired) electrons. The van der Waals surface area contributed by atoms with Crippen molar-refractivity contribution in [2.24, 2.45) is 0 Å². The van der Waals surface area contributed by atoms with Gasteiger partial charge < -0.3 is 15.8 Å². The summed E-state index contributed by atoms with van der Waals surface area (Å²) in [5, 5.41) is 2.96. The Kier molecular flexibility index (Phi) is 4.02. The number of aromatic nitrogens is 2. The molecule has 6 heteroatoms. The Morgan fingerprint density at radius 2 is 2.05 bits per heavy atom. The van der Waals surface area contributed by atoms with Crippen molar-refractivity contribution in [2.45, 2.75) is 26.9 Å². The standard InChI is InChI=1S/C14H17FN4O/c1-8(2)20-14-12(16)13(17-7-18-14)19-10-5-4-9(3)11(15)6-10/h4-8H,16H2,1-3H3,(H,17,18,19). The second-order valence-electron chi connectivity index (χ2n) is 4.70. The lowest BCUT2D eigenvalue weighted by Gasteiger charge is -2.13. The van der Waals surface area contributed by atoms with Crippen LogP contribution in [0.25, 0.3) is 0 Å². The number of nitrogens with two attached hydrogens (primary N) is 1. The summed E-state index contributed by atoms with van der Waals surface area (Å²) in [6.45, 7) is 5.46. The van der Waals surface area contributed by atoms with Crippen LogP contribution >= 0.6 is 0 Å². The molecule has 1 aromatic heterocycles. The molecule has 0 unspecified atom stereocenters. The molecule has 1 aromatic carbocycles. The lowest BCUT2D eigenvalue weighted by Crippen LogP contribution is -2.10. The van der Waals surface area contributed by atoms with Gasteiger partial charge in [0.2, 0.25) is 5.88 Å². The summed E-state index contributed by atoms with van der Waals surface area (Å²) >= 11 is 0. The number of ether oxygens (including phenoxy) is 1. The van der Waals surface area contributed by atoms with Gasteiger partial charge in [0.05, 0.1) is 6.10 Å². The van der Waals surface area contributed by atoms with Crippen LogP contribution in [0.1, 0.15) is 19.4 Å². The first-order valence-electron chi connectivity index (χ1n) is 6.27. The van der Waals surface area contributed by atoms with Crippen LogP contribution in [0.5, 0.6) is 5.88 Å². The molecule has 0 spiro atoms. The normalized spacial score (nSPS) is 10.7. The third-order valence-corrected chi connectivity index (χ3v) is 2.63. The van der Waals surface area contributed by atoms with E-state index >= 15 is 0 Å². The van der Waals surface area contributed by atoms with Crippen molar-refractivity contribution in [3.05, 3.63) is 35.9 Å². The second-order valence-corrected chi connectivity index (χ2v) is 4.70. The molecule has 0 atom stereocenters. The van der Waals surface area contributed by atoms with E-state index in [1.807, 2.05) is 13.8 Å². The zero-order valence-electron chi connectivity index (χ0n) is 11.6. The smallest absolute Gasteiger partial charge is 0.242 e. The summed E-state index contributed by atoms with van der Waals surface area (Å²) in [5.41, 5.74) is 7.38. The molecule has 0 fully saturated rings. The summed E-state index contributed by atoms with van der Waals surface area (Å²) in [7, 11) is 0. The summed E-state index contributed by atoms with van der Waals surface area (Å²) in [6.07, 6.45) is 1.30. The van der Waals surface area contributed by atoms with Crippen molar-refractivity contribution in [3.63, 3.8) is 0 Å². The second kappa shape index (κ2) is 5.73. The number of hydrogen-bond donors (Lipinski definition) is 2. The highest BCUT2D eigenvalue weighted by Crippen LogP contribution is 2.28. The minimum absolute atomic E-state index is 0.0446. The van der Waals surface area contributed by atoms with E-state index in [0.717, 1.165) is 0 Å². The fourth-order valence-corrected chi connectivity index (χ4v) is 1.60. The zero-order chi connectivity index (χ0) is 14.7. The highest BCUT2D eigenvalue weighted by molar-refractivity contribution is 5.72. The monoisotopic (exact) mass is 276 g/mol. The quantitative estimate of drug-likeness (QED) is 0.898. The molecule has 0 amide bonds. The summed E-state index contributed by atoms with van der Waals surface area (Å²) in [6, 6.07) is 4.82. The number of nitrogen functional groups attached to an aromatic ring is 1. The van der Waals surface area contributed by atoms with E-state index in [1.54, 1.807) is 19.1 Å². The van der Waals surface area contributed by atoms with E-state index in [2.05, 4.69) is 15.3 Å². The molecule has 0 aliphatic rings. The molecule has 0 saturated heterocycles. The van der Waals surface area contributed by atoms with E-state index in [1.165, 1.54) is 12.4 Å². The van der Waals surface area contributed by atoms with E-state index < -0.39 is 0 Å². The minimum atomic E-state index is -0.290. The molecule has 2 aromatic rings. The van der Waals surface area contributed by atoms with Crippen molar-refractivity contribution < 1.29 is 9.13 Å². The number of halogens is 1. The Bertz CT molecular complexity index is 616. The van der Waals surface area contributed by atoms with Crippen LogP contribution in [0.4, 0.5) is 21.6 Å². The van der Waals surface area contributed by atoms with Gasteiger partial charge >= 0.3 is 0 Å². The van der Waals surface area contributed by atoms with Crippen molar-refractivity contribution >= 4 is 17.2 Å². The summed E-state index contributed by atoms with van der Waals surface area (Å²) in [4.78, 5) is 8.02. The molecule has 2 rings (SSSR count). The van der Waals surface area contributed by atoms with Crippen molar-refractivity contribution in [1.29, 1.82) is 0 Å². The van der Waals surface area contributed by atoms with Gasteiger partial charge in [-0.1, -0.05) is 6.07 Å². The van der Waals surface area contributed by atoms with Gasteiger partial charge in [-0.2, -0.15) is 4.98 Å². The van der Waals surface area contributed by atoms with Crippen molar-refractivity contribution in [1.82, 2.24) is 9.97 Å². The number of benzene rings is 1. The number of nitrogens with one attached hydrogen (secondary N) is 1. The Balaban J connectivity index is 2.27. The molecule has 20 heavy (non-hydrogen) atoms. The molecular weight excluding hydrogens is 259 g/mol. The number of hydrogen-bond acceptors (Lipinski definition) is 5. The average Bonchev–Trinajstić information content (AvgIpc) is 2.38. The van der Waals surface area contributed by atoms with Crippen molar-refractivity contribution in [3.8, 4) is 5.88 Å². The van der Waals surface area contributed by atoms with E-state index in [-0.39, 0.29) is 11.9 Å². The number of rotatable bonds is 4. The maximum atomic E-state index is 13.5. The van der Waals surface area contributed by atoms with Crippen LogP contribution in [-0.2, 0) is 0 Å². The van der Waals surface area contributed by atoms with Crippen LogP contribution in [0.15, 0.2) is 24.5 Å². The Labute approximate surface area is 117 Å². The number of anilines is 3. The number of aryl methyl sites for hydroxylation is 1. The molecule has 0 saturated carbocycles. The minimum Gasteiger partial charge on any atom is -0.473 e. The average molecular weight is 276 g/mol. The fourth-order valence-electron chi connectivity index (χ4n) is 1.60.